The van der Waals surface area contributed by atoms with Crippen molar-refractivity contribution >= 4 is 38.9 Å². The first-order valence-corrected chi connectivity index (χ1v) is 6.60. The molecule has 2 aromatic heterocycles. The van der Waals surface area contributed by atoms with E-state index in [9.17, 15) is 0 Å². The van der Waals surface area contributed by atoms with E-state index in [1.54, 1.807) is 0 Å². The van der Waals surface area contributed by atoms with Crippen LogP contribution in [0.4, 0.5) is 0 Å². The Hall–Kier alpha value is -1.27. The molecule has 17 heavy (non-hydrogen) atoms. The van der Waals surface area contributed by atoms with Gasteiger partial charge in [-0.3, -0.25) is 0 Å². The third kappa shape index (κ3) is 1.87. The van der Waals surface area contributed by atoms with Crippen molar-refractivity contribution in [3.63, 3.8) is 0 Å². The average molecular weight is 327 g/mol. The summed E-state index contributed by atoms with van der Waals surface area (Å²) < 4.78 is 1.22. The zero-order valence-electron chi connectivity index (χ0n) is 8.64. The highest BCUT2D eigenvalue weighted by Crippen LogP contribution is 2.42. The lowest BCUT2D eigenvalue weighted by Gasteiger charge is -2.00. The number of thiophene rings is 1. The van der Waals surface area contributed by atoms with Crippen molar-refractivity contribution in [1.82, 2.24) is 4.98 Å². The Balaban J connectivity index is 2.82. The van der Waals surface area contributed by atoms with Crippen molar-refractivity contribution in [2.75, 3.05) is 0 Å². The molecule has 0 bridgehead atoms. The number of nitrogens with one attached hydrogen (secondary N) is 1. The number of halogens is 2. The van der Waals surface area contributed by atoms with E-state index in [-0.39, 0.29) is 5.69 Å². The number of hydrogen-bond acceptors (Lipinski definition) is 3. The summed E-state index contributed by atoms with van der Waals surface area (Å²) in [6.45, 7) is 1.92. The van der Waals surface area contributed by atoms with Crippen molar-refractivity contribution in [2.45, 2.75) is 6.92 Å². The molecule has 3 nitrogen and oxygen atoms in total. The Morgan fingerprint density at radius 1 is 1.35 bits per heavy atom. The summed E-state index contributed by atoms with van der Waals surface area (Å²) in [6, 6.07) is 4.00. The highest BCUT2D eigenvalue weighted by atomic mass is 79.9. The molecule has 0 atom stereocenters. The SMILES string of the molecule is Cc1csc(Cl)c1-c1c(Br)[nH]c(C#N)c1C#N. The average Bonchev–Trinajstić information content (AvgIpc) is 2.79. The molecule has 0 saturated heterocycles. The topological polar surface area (TPSA) is 63.4 Å². The highest BCUT2D eigenvalue weighted by molar-refractivity contribution is 9.10. The predicted octanol–water partition coefficient (Wildman–Crippen LogP) is 4.21. The smallest absolute Gasteiger partial charge is 0.137 e. The monoisotopic (exact) mass is 325 g/mol. The number of aryl methyl sites for hydroxylation is 1. The van der Waals surface area contributed by atoms with E-state index >= 15 is 0 Å². The van der Waals surface area contributed by atoms with Crippen LogP contribution in [0, 0.1) is 29.6 Å². The van der Waals surface area contributed by atoms with Gasteiger partial charge in [0.05, 0.1) is 10.2 Å². The van der Waals surface area contributed by atoms with Crippen LogP contribution in [0.2, 0.25) is 4.34 Å². The van der Waals surface area contributed by atoms with Gasteiger partial charge in [0.25, 0.3) is 0 Å². The molecule has 0 aliphatic heterocycles. The molecule has 1 N–H and O–H groups in total. The second-order valence-corrected chi connectivity index (χ2v) is 5.63. The van der Waals surface area contributed by atoms with E-state index in [0.29, 0.717) is 20.1 Å². The number of aromatic amines is 1. The van der Waals surface area contributed by atoms with Crippen molar-refractivity contribution in [2.24, 2.45) is 0 Å². The molecule has 0 aliphatic rings. The highest BCUT2D eigenvalue weighted by Gasteiger charge is 2.21. The van der Waals surface area contributed by atoms with Gasteiger partial charge in [-0.05, 0) is 33.8 Å². The maximum absolute atomic E-state index is 9.14. The molecule has 0 saturated carbocycles. The van der Waals surface area contributed by atoms with Crippen LogP contribution in [0.1, 0.15) is 16.8 Å². The number of nitriles is 2. The summed E-state index contributed by atoms with van der Waals surface area (Å²) in [7, 11) is 0. The molecule has 0 unspecified atom stereocenters. The molecule has 84 valence electrons. The lowest BCUT2D eigenvalue weighted by molar-refractivity contribution is 1.29. The van der Waals surface area contributed by atoms with Crippen LogP contribution < -0.4 is 0 Å². The van der Waals surface area contributed by atoms with E-state index in [1.165, 1.54) is 11.3 Å². The van der Waals surface area contributed by atoms with E-state index in [1.807, 2.05) is 24.4 Å². The van der Waals surface area contributed by atoms with Gasteiger partial charge < -0.3 is 4.98 Å². The Morgan fingerprint density at radius 3 is 2.53 bits per heavy atom. The van der Waals surface area contributed by atoms with E-state index in [2.05, 4.69) is 20.9 Å². The molecule has 0 radical (unpaired) electrons. The van der Waals surface area contributed by atoms with E-state index < -0.39 is 0 Å². The fraction of sp³-hybridized carbons (Fsp3) is 0.0909. The summed E-state index contributed by atoms with van der Waals surface area (Å²) in [6.07, 6.45) is 0. The summed E-state index contributed by atoms with van der Waals surface area (Å²) >= 11 is 10.9. The molecule has 0 aliphatic carbocycles. The second-order valence-electron chi connectivity index (χ2n) is 3.36. The molecule has 0 amide bonds. The Morgan fingerprint density at radius 2 is 2.06 bits per heavy atom. The molecular weight excluding hydrogens is 322 g/mol. The van der Waals surface area contributed by atoms with Crippen LogP contribution in [-0.2, 0) is 0 Å². The molecule has 0 fully saturated rings. The Kier molecular flexibility index (Phi) is 3.26. The fourth-order valence-corrected chi connectivity index (χ4v) is 3.36. The van der Waals surface area contributed by atoms with Crippen molar-refractivity contribution in [3.8, 4) is 23.3 Å². The fourth-order valence-electron chi connectivity index (χ4n) is 1.61. The quantitative estimate of drug-likeness (QED) is 0.853. The first-order valence-electron chi connectivity index (χ1n) is 4.55. The van der Waals surface area contributed by atoms with Gasteiger partial charge in [0, 0.05) is 11.1 Å². The van der Waals surface area contributed by atoms with Gasteiger partial charge in [0.1, 0.15) is 22.2 Å². The van der Waals surface area contributed by atoms with Gasteiger partial charge in [-0.15, -0.1) is 11.3 Å². The van der Waals surface area contributed by atoms with Crippen LogP contribution >= 0.6 is 38.9 Å². The summed E-state index contributed by atoms with van der Waals surface area (Å²) in [5, 5.41) is 20.0. The number of hydrogen-bond donors (Lipinski definition) is 1. The first kappa shape index (κ1) is 12.2. The molecule has 2 aromatic rings. The Bertz CT molecular complexity index is 653. The van der Waals surface area contributed by atoms with Crippen LogP contribution in [0.3, 0.4) is 0 Å². The number of nitrogens with zero attached hydrogens (tertiary/aromatic N) is 2. The minimum absolute atomic E-state index is 0.246. The lowest BCUT2D eigenvalue weighted by atomic mass is 10.0. The van der Waals surface area contributed by atoms with E-state index in [0.717, 1.165) is 11.1 Å². The minimum atomic E-state index is 0.246. The minimum Gasteiger partial charge on any atom is -0.339 e. The normalized spacial score (nSPS) is 9.94. The third-order valence-corrected chi connectivity index (χ3v) is 4.29. The molecule has 0 aromatic carbocycles. The number of aromatic nitrogens is 1. The van der Waals surface area contributed by atoms with Gasteiger partial charge >= 0.3 is 0 Å². The van der Waals surface area contributed by atoms with Crippen LogP contribution in [-0.4, -0.2) is 4.98 Å². The van der Waals surface area contributed by atoms with Gasteiger partial charge in [-0.2, -0.15) is 10.5 Å². The van der Waals surface area contributed by atoms with Gasteiger partial charge in [-0.25, -0.2) is 0 Å². The lowest BCUT2D eigenvalue weighted by Crippen LogP contribution is -1.83. The zero-order valence-corrected chi connectivity index (χ0v) is 11.8. The summed E-state index contributed by atoms with van der Waals surface area (Å²) in [5.41, 5.74) is 3.02. The maximum atomic E-state index is 9.14. The second kappa shape index (κ2) is 4.54. The van der Waals surface area contributed by atoms with Gasteiger partial charge in [-0.1, -0.05) is 11.6 Å². The first-order chi connectivity index (χ1) is 8.10. The van der Waals surface area contributed by atoms with Crippen LogP contribution in [0.5, 0.6) is 0 Å². The largest absolute Gasteiger partial charge is 0.339 e. The predicted molar refractivity (Wildman–Crippen MR) is 71.0 cm³/mol. The molecule has 6 heteroatoms. The molecular formula is C11H5BrClN3S. The van der Waals surface area contributed by atoms with Gasteiger partial charge in [0.15, 0.2) is 0 Å². The Labute approximate surface area is 115 Å². The maximum Gasteiger partial charge on any atom is 0.137 e. The molecule has 2 heterocycles. The third-order valence-electron chi connectivity index (χ3n) is 2.36. The van der Waals surface area contributed by atoms with Gasteiger partial charge in [0.2, 0.25) is 0 Å². The van der Waals surface area contributed by atoms with Crippen LogP contribution in [0.15, 0.2) is 9.98 Å². The standard InChI is InChI=1S/C11H5BrClN3S/c1-5-4-17-11(13)8(5)9-6(2-14)7(3-15)16-10(9)12/h4,16H,1H3. The summed E-state index contributed by atoms with van der Waals surface area (Å²) in [5.74, 6) is 0. The van der Waals surface area contributed by atoms with E-state index in [4.69, 9.17) is 22.1 Å². The van der Waals surface area contributed by atoms with Crippen LogP contribution in [0.25, 0.3) is 11.1 Å². The number of rotatable bonds is 1. The van der Waals surface area contributed by atoms with Crippen molar-refractivity contribution < 1.29 is 0 Å². The molecule has 0 spiro atoms. The zero-order chi connectivity index (χ0) is 12.6. The molecule has 2 rings (SSSR count). The number of H-pyrrole nitrogens is 1. The summed E-state index contributed by atoms with van der Waals surface area (Å²) in [4.78, 5) is 2.84. The van der Waals surface area contributed by atoms with Crippen molar-refractivity contribution in [1.29, 1.82) is 10.5 Å². The van der Waals surface area contributed by atoms with Crippen molar-refractivity contribution in [3.05, 3.63) is 31.1 Å².